The fraction of sp³-hybridized carbons (Fsp3) is 0.833. The van der Waals surface area contributed by atoms with Crippen molar-refractivity contribution in [1.29, 1.82) is 5.41 Å². The number of rotatable bonds is 1. The second-order valence-electron chi connectivity index (χ2n) is 2.27. The third-order valence-electron chi connectivity index (χ3n) is 1.59. The van der Waals surface area contributed by atoms with Crippen molar-refractivity contribution in [3.63, 3.8) is 0 Å². The van der Waals surface area contributed by atoms with E-state index in [9.17, 15) is 0 Å². The molecule has 0 aliphatic carbocycles. The van der Waals surface area contributed by atoms with Crippen LogP contribution in [0.4, 0.5) is 0 Å². The Morgan fingerprint density at radius 1 is 1.67 bits per heavy atom. The van der Waals surface area contributed by atoms with Crippen LogP contribution < -0.4 is 11.1 Å². The maximum Gasteiger partial charge on any atom is 0.0937 e. The van der Waals surface area contributed by atoms with Gasteiger partial charge in [-0.15, -0.1) is 0 Å². The van der Waals surface area contributed by atoms with Gasteiger partial charge in [0.25, 0.3) is 0 Å². The van der Waals surface area contributed by atoms with Crippen LogP contribution in [0.25, 0.3) is 0 Å². The molecule has 1 aliphatic heterocycles. The highest BCUT2D eigenvalue weighted by Crippen LogP contribution is 2.09. The first-order valence-corrected chi connectivity index (χ1v) is 3.20. The zero-order chi connectivity index (χ0) is 7.61. The van der Waals surface area contributed by atoms with Crippen molar-refractivity contribution in [3.8, 4) is 0 Å². The smallest absolute Gasteiger partial charge is 0.0937 e. The molecule has 1 fully saturated rings. The summed E-state index contributed by atoms with van der Waals surface area (Å²) in [4.78, 5) is 0. The second kappa shape index (κ2) is 2.82. The summed E-state index contributed by atoms with van der Waals surface area (Å²) < 4.78 is 7.69. The van der Waals surface area contributed by atoms with E-state index in [1.54, 1.807) is 0 Å². The topological polar surface area (TPSA) is 61.9 Å². The Morgan fingerprint density at radius 2 is 2.22 bits per heavy atom. The Hall–Kier alpha value is -0.570. The largest absolute Gasteiger partial charge is 0.387 e. The first-order chi connectivity index (χ1) is 4.65. The predicted molar refractivity (Wildman–Crippen MR) is 37.5 cm³/mol. The maximum atomic E-state index is 7.69. The molecule has 3 heteroatoms. The van der Waals surface area contributed by atoms with Crippen molar-refractivity contribution < 1.29 is 1.37 Å². The summed E-state index contributed by atoms with van der Waals surface area (Å²) in [6, 6.07) is 0. The Morgan fingerprint density at radius 3 is 2.56 bits per heavy atom. The monoisotopic (exact) mass is 128 g/mol. The molecule has 0 radical (unpaired) electrons. The fourth-order valence-electron chi connectivity index (χ4n) is 0.998. The van der Waals surface area contributed by atoms with Crippen LogP contribution in [0, 0.1) is 11.3 Å². The van der Waals surface area contributed by atoms with Crippen LogP contribution in [-0.2, 0) is 0 Å². The van der Waals surface area contributed by atoms with Crippen molar-refractivity contribution in [3.05, 3.63) is 0 Å². The first kappa shape index (κ1) is 5.23. The molecular weight excluding hydrogens is 114 g/mol. The molecule has 0 aromatic carbocycles. The van der Waals surface area contributed by atoms with Gasteiger partial charge < -0.3 is 11.1 Å². The summed E-state index contributed by atoms with van der Waals surface area (Å²) in [6.45, 7) is 1.62. The van der Waals surface area contributed by atoms with E-state index in [-0.39, 0.29) is 5.84 Å². The highest BCUT2D eigenvalue weighted by atomic mass is 14.9. The molecular formula is C6H13N3. The SMILES string of the molecule is [2H]C1(C(=N)N)CCNCC1. The minimum absolute atomic E-state index is 0.00833. The summed E-state index contributed by atoms with van der Waals surface area (Å²) in [5, 5.41) is 10.3. The van der Waals surface area contributed by atoms with Crippen LogP contribution in [0.1, 0.15) is 14.2 Å². The molecule has 9 heavy (non-hydrogen) atoms. The highest BCUT2D eigenvalue weighted by Gasteiger charge is 2.14. The van der Waals surface area contributed by atoms with Crippen LogP contribution in [0.2, 0.25) is 0 Å². The molecule has 0 saturated carbocycles. The molecule has 0 aromatic rings. The van der Waals surface area contributed by atoms with Gasteiger partial charge in [0, 0.05) is 7.26 Å². The van der Waals surface area contributed by atoms with E-state index in [1.807, 2.05) is 0 Å². The predicted octanol–water partition coefficient (Wildman–Crippen LogP) is -0.0780. The van der Waals surface area contributed by atoms with E-state index in [0.717, 1.165) is 13.1 Å². The summed E-state index contributed by atoms with van der Waals surface area (Å²) in [5.41, 5.74) is 5.27. The molecule has 4 N–H and O–H groups in total. The molecule has 0 spiro atoms. The lowest BCUT2D eigenvalue weighted by atomic mass is 9.97. The standard InChI is InChI=1S/C6H13N3/c7-6(8)5-1-3-9-4-2-5/h5,9H,1-4H2,(H3,7,8)/i5D. The van der Waals surface area contributed by atoms with Crippen LogP contribution in [0.5, 0.6) is 0 Å². The van der Waals surface area contributed by atoms with Crippen molar-refractivity contribution in [2.24, 2.45) is 11.6 Å². The molecule has 1 aliphatic rings. The van der Waals surface area contributed by atoms with E-state index >= 15 is 0 Å². The molecule has 0 atom stereocenters. The van der Waals surface area contributed by atoms with E-state index < -0.39 is 5.89 Å². The van der Waals surface area contributed by atoms with Crippen molar-refractivity contribution >= 4 is 5.84 Å². The minimum atomic E-state index is -0.773. The van der Waals surface area contributed by atoms with Gasteiger partial charge in [-0.1, -0.05) is 0 Å². The normalized spacial score (nSPS) is 26.9. The van der Waals surface area contributed by atoms with Crippen molar-refractivity contribution in [2.75, 3.05) is 13.1 Å². The molecule has 0 unspecified atom stereocenters. The Balaban J connectivity index is 2.56. The number of hydrogen-bond donors (Lipinski definition) is 3. The van der Waals surface area contributed by atoms with Crippen LogP contribution >= 0.6 is 0 Å². The molecule has 0 aromatic heterocycles. The third kappa shape index (κ3) is 1.68. The average molecular weight is 128 g/mol. The summed E-state index contributed by atoms with van der Waals surface area (Å²) >= 11 is 0. The number of nitrogens with two attached hydrogens (primary N) is 1. The Kier molecular flexibility index (Phi) is 1.64. The second-order valence-corrected chi connectivity index (χ2v) is 2.27. The number of hydrogen-bond acceptors (Lipinski definition) is 2. The molecule has 1 saturated heterocycles. The quantitative estimate of drug-likeness (QED) is 0.342. The zero-order valence-electron chi connectivity index (χ0n) is 6.41. The van der Waals surface area contributed by atoms with E-state index in [2.05, 4.69) is 5.32 Å². The van der Waals surface area contributed by atoms with Gasteiger partial charge in [0.1, 0.15) is 0 Å². The van der Waals surface area contributed by atoms with Gasteiger partial charge in [0.05, 0.1) is 5.84 Å². The highest BCUT2D eigenvalue weighted by molar-refractivity contribution is 5.79. The lowest BCUT2D eigenvalue weighted by Gasteiger charge is -2.20. The number of amidine groups is 1. The van der Waals surface area contributed by atoms with Crippen molar-refractivity contribution in [1.82, 2.24) is 5.32 Å². The summed E-state index contributed by atoms with van der Waals surface area (Å²) in [5.74, 6) is -0.764. The first-order valence-electron chi connectivity index (χ1n) is 3.70. The number of piperidine rings is 1. The number of nitrogens with one attached hydrogen (secondary N) is 2. The zero-order valence-corrected chi connectivity index (χ0v) is 5.41. The van der Waals surface area contributed by atoms with Gasteiger partial charge in [-0.05, 0) is 25.9 Å². The van der Waals surface area contributed by atoms with E-state index in [0.29, 0.717) is 12.8 Å². The molecule has 52 valence electrons. The van der Waals surface area contributed by atoms with Crippen LogP contribution in [-0.4, -0.2) is 18.9 Å². The molecule has 1 heterocycles. The molecule has 0 bridgehead atoms. The molecule has 0 amide bonds. The maximum absolute atomic E-state index is 7.69. The lowest BCUT2D eigenvalue weighted by Crippen LogP contribution is -2.34. The molecule has 3 nitrogen and oxygen atoms in total. The van der Waals surface area contributed by atoms with Crippen LogP contribution in [0.3, 0.4) is 0 Å². The summed E-state index contributed by atoms with van der Waals surface area (Å²) in [7, 11) is 0. The Bertz CT molecular complexity index is 140. The minimum Gasteiger partial charge on any atom is -0.387 e. The van der Waals surface area contributed by atoms with Gasteiger partial charge in [0.2, 0.25) is 0 Å². The van der Waals surface area contributed by atoms with Gasteiger partial charge in [-0.3, -0.25) is 5.41 Å². The van der Waals surface area contributed by atoms with E-state index in [1.165, 1.54) is 0 Å². The fourth-order valence-corrected chi connectivity index (χ4v) is 0.998. The van der Waals surface area contributed by atoms with Gasteiger partial charge in [-0.2, -0.15) is 0 Å². The summed E-state index contributed by atoms with van der Waals surface area (Å²) in [6.07, 6.45) is 1.34. The lowest BCUT2D eigenvalue weighted by molar-refractivity contribution is 0.453. The van der Waals surface area contributed by atoms with Crippen LogP contribution in [0.15, 0.2) is 0 Å². The third-order valence-corrected chi connectivity index (χ3v) is 1.59. The van der Waals surface area contributed by atoms with Gasteiger partial charge in [-0.25, -0.2) is 0 Å². The van der Waals surface area contributed by atoms with Crippen molar-refractivity contribution in [2.45, 2.75) is 12.8 Å². The van der Waals surface area contributed by atoms with Gasteiger partial charge in [0.15, 0.2) is 0 Å². The molecule has 1 rings (SSSR count). The average Bonchev–Trinajstić information content (AvgIpc) is 1.89. The van der Waals surface area contributed by atoms with E-state index in [4.69, 9.17) is 12.5 Å². The Labute approximate surface area is 56.5 Å². The van der Waals surface area contributed by atoms with Gasteiger partial charge >= 0.3 is 0 Å².